The van der Waals surface area contributed by atoms with E-state index in [-0.39, 0.29) is 11.9 Å². The highest BCUT2D eigenvalue weighted by Crippen LogP contribution is 2.23. The van der Waals surface area contributed by atoms with Gasteiger partial charge in [-0.3, -0.25) is 9.48 Å². The van der Waals surface area contributed by atoms with Crippen molar-refractivity contribution in [3.05, 3.63) is 65.5 Å². The molecule has 2 aromatic heterocycles. The minimum atomic E-state index is 0.160. The van der Waals surface area contributed by atoms with Gasteiger partial charge in [0.2, 0.25) is 5.91 Å². The van der Waals surface area contributed by atoms with Crippen LogP contribution in [0.5, 0.6) is 0 Å². The number of hydrogen-bond acceptors (Lipinski definition) is 4. The van der Waals surface area contributed by atoms with Crippen molar-refractivity contribution in [1.29, 1.82) is 0 Å². The highest BCUT2D eigenvalue weighted by Gasteiger charge is 2.28. The van der Waals surface area contributed by atoms with E-state index in [0.717, 1.165) is 30.2 Å². The molecule has 3 heterocycles. The Bertz CT molecular complexity index is 945. The van der Waals surface area contributed by atoms with Gasteiger partial charge in [0.05, 0.1) is 12.6 Å². The lowest BCUT2D eigenvalue weighted by Gasteiger charge is -2.32. The molecule has 4 rings (SSSR count). The summed E-state index contributed by atoms with van der Waals surface area (Å²) in [6.07, 6.45) is 4.76. The van der Waals surface area contributed by atoms with E-state index in [0.29, 0.717) is 25.9 Å². The van der Waals surface area contributed by atoms with E-state index in [1.54, 1.807) is 6.20 Å². The third-order valence-electron chi connectivity index (χ3n) is 5.44. The third-order valence-corrected chi connectivity index (χ3v) is 5.44. The molecule has 0 N–H and O–H groups in total. The zero-order valence-corrected chi connectivity index (χ0v) is 16.5. The summed E-state index contributed by atoms with van der Waals surface area (Å²) in [7, 11) is 1.90. The number of fused-ring (bicyclic) bond motifs is 1. The van der Waals surface area contributed by atoms with Gasteiger partial charge >= 0.3 is 0 Å². The summed E-state index contributed by atoms with van der Waals surface area (Å²) in [6, 6.07) is 12.6. The second-order valence-electron chi connectivity index (χ2n) is 7.46. The predicted molar refractivity (Wildman–Crippen MR) is 106 cm³/mol. The maximum atomic E-state index is 12.7. The van der Waals surface area contributed by atoms with Gasteiger partial charge in [-0.2, -0.15) is 5.10 Å². The SMILES string of the molecule is C[C@H]1CN(C(=O)CCc2ccnn2C)Cc2nnc(CCc3ccccc3)n21. The Morgan fingerprint density at radius 1 is 1.11 bits per heavy atom. The van der Waals surface area contributed by atoms with E-state index in [4.69, 9.17) is 0 Å². The van der Waals surface area contributed by atoms with Crippen LogP contribution in [0.25, 0.3) is 0 Å². The van der Waals surface area contributed by atoms with Crippen LogP contribution in [-0.2, 0) is 37.6 Å². The number of nitrogens with zero attached hydrogens (tertiary/aromatic N) is 6. The van der Waals surface area contributed by atoms with Gasteiger partial charge < -0.3 is 9.47 Å². The Morgan fingerprint density at radius 3 is 2.68 bits per heavy atom. The van der Waals surface area contributed by atoms with Gasteiger partial charge in [-0.15, -0.1) is 10.2 Å². The molecule has 7 heteroatoms. The number of amides is 1. The van der Waals surface area contributed by atoms with Crippen molar-refractivity contribution in [2.24, 2.45) is 7.05 Å². The van der Waals surface area contributed by atoms with E-state index < -0.39 is 0 Å². The fourth-order valence-corrected chi connectivity index (χ4v) is 3.91. The molecule has 0 aliphatic carbocycles. The van der Waals surface area contributed by atoms with E-state index in [1.165, 1.54) is 5.56 Å². The lowest BCUT2D eigenvalue weighted by Crippen LogP contribution is -2.41. The maximum absolute atomic E-state index is 12.7. The number of aromatic nitrogens is 5. The average Bonchev–Trinajstić information content (AvgIpc) is 3.31. The molecule has 146 valence electrons. The first kappa shape index (κ1) is 18.4. The number of rotatable bonds is 6. The molecule has 0 unspecified atom stereocenters. The van der Waals surface area contributed by atoms with Crippen molar-refractivity contribution in [2.75, 3.05) is 6.54 Å². The van der Waals surface area contributed by atoms with E-state index in [2.05, 4.69) is 51.1 Å². The van der Waals surface area contributed by atoms with Crippen LogP contribution in [-0.4, -0.2) is 41.9 Å². The Kier molecular flexibility index (Phi) is 5.23. The van der Waals surface area contributed by atoms with Crippen molar-refractivity contribution in [2.45, 2.75) is 45.2 Å². The van der Waals surface area contributed by atoms with Crippen molar-refractivity contribution >= 4 is 5.91 Å². The largest absolute Gasteiger partial charge is 0.333 e. The van der Waals surface area contributed by atoms with E-state index in [1.807, 2.05) is 28.8 Å². The molecule has 0 saturated carbocycles. The van der Waals surface area contributed by atoms with Crippen molar-refractivity contribution in [3.8, 4) is 0 Å². The van der Waals surface area contributed by atoms with Crippen LogP contribution in [0.15, 0.2) is 42.6 Å². The van der Waals surface area contributed by atoms with Gasteiger partial charge in [0.25, 0.3) is 0 Å². The fraction of sp³-hybridized carbons (Fsp3) is 0.429. The summed E-state index contributed by atoms with van der Waals surface area (Å²) in [4.78, 5) is 14.6. The van der Waals surface area contributed by atoms with Crippen LogP contribution in [0.3, 0.4) is 0 Å². The van der Waals surface area contributed by atoms with Crippen LogP contribution >= 0.6 is 0 Å². The number of hydrogen-bond donors (Lipinski definition) is 0. The number of benzene rings is 1. The summed E-state index contributed by atoms with van der Waals surface area (Å²) in [6.45, 7) is 3.37. The van der Waals surface area contributed by atoms with Gasteiger partial charge in [0, 0.05) is 38.3 Å². The Labute approximate surface area is 165 Å². The summed E-state index contributed by atoms with van der Waals surface area (Å²) >= 11 is 0. The molecule has 1 aromatic carbocycles. The lowest BCUT2D eigenvalue weighted by atomic mass is 10.1. The lowest BCUT2D eigenvalue weighted by molar-refractivity contribution is -0.133. The molecule has 0 spiro atoms. The van der Waals surface area contributed by atoms with Crippen LogP contribution in [0.2, 0.25) is 0 Å². The summed E-state index contributed by atoms with van der Waals surface area (Å²) < 4.78 is 4.04. The molecule has 1 aliphatic heterocycles. The minimum Gasteiger partial charge on any atom is -0.333 e. The number of carbonyl (C=O) groups is 1. The summed E-state index contributed by atoms with van der Waals surface area (Å²) in [5, 5.41) is 13.0. The quantitative estimate of drug-likeness (QED) is 0.660. The first-order valence-electron chi connectivity index (χ1n) is 9.83. The Balaban J connectivity index is 1.39. The molecular weight excluding hydrogens is 352 g/mol. The fourth-order valence-electron chi connectivity index (χ4n) is 3.91. The average molecular weight is 378 g/mol. The van der Waals surface area contributed by atoms with Crippen molar-refractivity contribution in [1.82, 2.24) is 29.4 Å². The van der Waals surface area contributed by atoms with Gasteiger partial charge in [0.1, 0.15) is 5.82 Å². The first-order chi connectivity index (χ1) is 13.6. The van der Waals surface area contributed by atoms with E-state index >= 15 is 0 Å². The highest BCUT2D eigenvalue weighted by atomic mass is 16.2. The van der Waals surface area contributed by atoms with E-state index in [9.17, 15) is 4.79 Å². The summed E-state index contributed by atoms with van der Waals surface area (Å²) in [5.41, 5.74) is 2.38. The second kappa shape index (κ2) is 7.96. The van der Waals surface area contributed by atoms with Crippen LogP contribution in [0.4, 0.5) is 0 Å². The first-order valence-corrected chi connectivity index (χ1v) is 9.83. The van der Waals surface area contributed by atoms with Gasteiger partial charge in [-0.1, -0.05) is 30.3 Å². The zero-order chi connectivity index (χ0) is 19.5. The summed E-state index contributed by atoms with van der Waals surface area (Å²) in [5.74, 6) is 2.05. The Hall–Kier alpha value is -2.96. The minimum absolute atomic E-state index is 0.160. The maximum Gasteiger partial charge on any atom is 0.223 e. The van der Waals surface area contributed by atoms with Crippen LogP contribution in [0, 0.1) is 0 Å². The molecule has 0 radical (unpaired) electrons. The molecular formula is C21H26N6O. The molecule has 1 aliphatic rings. The monoisotopic (exact) mass is 378 g/mol. The van der Waals surface area contributed by atoms with Crippen LogP contribution in [0.1, 0.15) is 42.3 Å². The molecule has 28 heavy (non-hydrogen) atoms. The van der Waals surface area contributed by atoms with Gasteiger partial charge in [-0.25, -0.2) is 0 Å². The van der Waals surface area contributed by atoms with Gasteiger partial charge in [-0.05, 0) is 31.4 Å². The molecule has 1 amide bonds. The number of aryl methyl sites for hydroxylation is 4. The highest BCUT2D eigenvalue weighted by molar-refractivity contribution is 5.76. The molecule has 7 nitrogen and oxygen atoms in total. The predicted octanol–water partition coefficient (Wildman–Crippen LogP) is 2.33. The zero-order valence-electron chi connectivity index (χ0n) is 16.5. The smallest absolute Gasteiger partial charge is 0.223 e. The standard InChI is InChI=1S/C21H26N6O/c1-16-14-26(21(28)11-9-18-12-13-22-25(18)2)15-20-24-23-19(27(16)20)10-8-17-6-4-3-5-7-17/h3-7,12-13,16H,8-11,14-15H2,1-2H3/t16-/m0/s1. The molecule has 0 saturated heterocycles. The van der Waals surface area contributed by atoms with Crippen molar-refractivity contribution < 1.29 is 4.79 Å². The van der Waals surface area contributed by atoms with Crippen LogP contribution < -0.4 is 0 Å². The third kappa shape index (κ3) is 3.83. The van der Waals surface area contributed by atoms with Gasteiger partial charge in [0.15, 0.2) is 5.82 Å². The topological polar surface area (TPSA) is 68.8 Å². The number of carbonyl (C=O) groups excluding carboxylic acids is 1. The second-order valence-corrected chi connectivity index (χ2v) is 7.46. The molecule has 0 bridgehead atoms. The molecule has 1 atom stereocenters. The molecule has 0 fully saturated rings. The Morgan fingerprint density at radius 2 is 1.93 bits per heavy atom. The molecule has 3 aromatic rings. The normalized spacial score (nSPS) is 16.2. The van der Waals surface area contributed by atoms with Crippen molar-refractivity contribution in [3.63, 3.8) is 0 Å².